The average Bonchev–Trinajstić information content (AvgIpc) is 2.46. The third kappa shape index (κ3) is 5.07. The summed E-state index contributed by atoms with van der Waals surface area (Å²) >= 11 is 0. The third-order valence-corrected chi connectivity index (χ3v) is 3.10. The molecule has 5 nitrogen and oxygen atoms in total. The molecule has 1 amide bonds. The van der Waals surface area contributed by atoms with Gasteiger partial charge in [0, 0.05) is 31.6 Å². The standard InChI is InChI=1S/C14H20N4O/c19-13(11-12-5-2-1-3-6-12)15-9-10-18-14-16-7-4-8-17-14/h4,7-8,11H,1-3,5-6,9-10H2,(H,15,19)(H,16,17,18). The van der Waals surface area contributed by atoms with Crippen molar-refractivity contribution in [3.63, 3.8) is 0 Å². The molecule has 0 atom stereocenters. The van der Waals surface area contributed by atoms with Crippen molar-refractivity contribution in [3.8, 4) is 0 Å². The first-order valence-corrected chi connectivity index (χ1v) is 6.83. The van der Waals surface area contributed by atoms with Crippen LogP contribution in [0.1, 0.15) is 32.1 Å². The number of rotatable bonds is 5. The molecule has 1 aromatic rings. The van der Waals surface area contributed by atoms with Gasteiger partial charge in [0.05, 0.1) is 0 Å². The number of hydrogen-bond donors (Lipinski definition) is 2. The molecule has 0 aliphatic heterocycles. The topological polar surface area (TPSA) is 66.9 Å². The molecule has 2 N–H and O–H groups in total. The van der Waals surface area contributed by atoms with Gasteiger partial charge in [0.1, 0.15) is 0 Å². The Hall–Kier alpha value is -1.91. The molecule has 0 unspecified atom stereocenters. The lowest BCUT2D eigenvalue weighted by molar-refractivity contribution is -0.116. The minimum absolute atomic E-state index is 0.00711. The highest BCUT2D eigenvalue weighted by Gasteiger charge is 2.06. The fourth-order valence-electron chi connectivity index (χ4n) is 2.14. The van der Waals surface area contributed by atoms with Crippen LogP contribution in [-0.4, -0.2) is 29.0 Å². The lowest BCUT2D eigenvalue weighted by Gasteiger charge is -2.13. The zero-order chi connectivity index (χ0) is 13.3. The van der Waals surface area contributed by atoms with Crippen LogP contribution in [-0.2, 0) is 4.79 Å². The van der Waals surface area contributed by atoms with Crippen LogP contribution in [0.3, 0.4) is 0 Å². The van der Waals surface area contributed by atoms with Gasteiger partial charge < -0.3 is 10.6 Å². The van der Waals surface area contributed by atoms with Crippen molar-refractivity contribution in [2.24, 2.45) is 0 Å². The van der Waals surface area contributed by atoms with Gasteiger partial charge in [0.15, 0.2) is 0 Å². The van der Waals surface area contributed by atoms with E-state index in [-0.39, 0.29) is 5.91 Å². The Labute approximate surface area is 113 Å². The van der Waals surface area contributed by atoms with Crippen LogP contribution in [0.5, 0.6) is 0 Å². The molecule has 2 rings (SSSR count). The highest BCUT2D eigenvalue weighted by atomic mass is 16.1. The quantitative estimate of drug-likeness (QED) is 0.627. The summed E-state index contributed by atoms with van der Waals surface area (Å²) in [6, 6.07) is 1.77. The number of allylic oxidation sites excluding steroid dienone is 1. The van der Waals surface area contributed by atoms with Crippen LogP contribution in [0.4, 0.5) is 5.95 Å². The van der Waals surface area contributed by atoms with Gasteiger partial charge in [-0.15, -0.1) is 0 Å². The molecule has 0 aromatic carbocycles. The Kier molecular flexibility index (Phi) is 5.34. The van der Waals surface area contributed by atoms with E-state index in [1.807, 2.05) is 0 Å². The zero-order valence-corrected chi connectivity index (χ0v) is 11.1. The summed E-state index contributed by atoms with van der Waals surface area (Å²) in [4.78, 5) is 19.8. The maximum atomic E-state index is 11.7. The molecular formula is C14H20N4O. The number of hydrogen-bond acceptors (Lipinski definition) is 4. The van der Waals surface area contributed by atoms with Gasteiger partial charge in [0.2, 0.25) is 11.9 Å². The van der Waals surface area contributed by atoms with Crippen molar-refractivity contribution in [2.75, 3.05) is 18.4 Å². The summed E-state index contributed by atoms with van der Waals surface area (Å²) < 4.78 is 0. The Balaban J connectivity index is 1.64. The van der Waals surface area contributed by atoms with E-state index in [4.69, 9.17) is 0 Å². The van der Waals surface area contributed by atoms with Gasteiger partial charge >= 0.3 is 0 Å². The molecule has 1 aromatic heterocycles. The summed E-state index contributed by atoms with van der Waals surface area (Å²) in [5.74, 6) is 0.593. The van der Waals surface area contributed by atoms with Crippen molar-refractivity contribution >= 4 is 11.9 Å². The first kappa shape index (κ1) is 13.5. The zero-order valence-electron chi connectivity index (χ0n) is 11.1. The molecule has 1 heterocycles. The molecule has 1 fully saturated rings. The molecule has 0 radical (unpaired) electrons. The molecule has 19 heavy (non-hydrogen) atoms. The van der Waals surface area contributed by atoms with Gasteiger partial charge in [-0.25, -0.2) is 9.97 Å². The molecular weight excluding hydrogens is 240 g/mol. The van der Waals surface area contributed by atoms with E-state index in [1.165, 1.54) is 24.8 Å². The fourth-order valence-corrected chi connectivity index (χ4v) is 2.14. The Morgan fingerprint density at radius 2 is 1.89 bits per heavy atom. The number of amides is 1. The minimum atomic E-state index is 0.00711. The maximum Gasteiger partial charge on any atom is 0.243 e. The van der Waals surface area contributed by atoms with Crippen molar-refractivity contribution < 1.29 is 4.79 Å². The number of anilines is 1. The van der Waals surface area contributed by atoms with E-state index in [2.05, 4.69) is 20.6 Å². The van der Waals surface area contributed by atoms with E-state index in [1.54, 1.807) is 24.5 Å². The highest BCUT2D eigenvalue weighted by Crippen LogP contribution is 2.22. The molecule has 1 saturated carbocycles. The number of nitrogens with zero attached hydrogens (tertiary/aromatic N) is 2. The van der Waals surface area contributed by atoms with Crippen LogP contribution in [0.2, 0.25) is 0 Å². The number of aromatic nitrogens is 2. The van der Waals surface area contributed by atoms with E-state index >= 15 is 0 Å². The van der Waals surface area contributed by atoms with E-state index in [0.29, 0.717) is 19.0 Å². The van der Waals surface area contributed by atoms with Crippen LogP contribution in [0, 0.1) is 0 Å². The van der Waals surface area contributed by atoms with E-state index in [0.717, 1.165) is 12.8 Å². The lowest BCUT2D eigenvalue weighted by Crippen LogP contribution is -2.27. The molecule has 1 aliphatic carbocycles. The summed E-state index contributed by atoms with van der Waals surface area (Å²) in [5.41, 5.74) is 1.28. The fraction of sp³-hybridized carbons (Fsp3) is 0.500. The van der Waals surface area contributed by atoms with Gasteiger partial charge in [-0.2, -0.15) is 0 Å². The summed E-state index contributed by atoms with van der Waals surface area (Å²) in [6.45, 7) is 1.19. The Morgan fingerprint density at radius 3 is 2.63 bits per heavy atom. The van der Waals surface area contributed by atoms with Crippen LogP contribution >= 0.6 is 0 Å². The van der Waals surface area contributed by atoms with Crippen molar-refractivity contribution in [2.45, 2.75) is 32.1 Å². The highest BCUT2D eigenvalue weighted by molar-refractivity contribution is 5.88. The molecule has 102 valence electrons. The molecule has 0 bridgehead atoms. The lowest BCUT2D eigenvalue weighted by atomic mass is 9.95. The summed E-state index contributed by atoms with van der Waals surface area (Å²) in [5, 5.41) is 5.91. The van der Waals surface area contributed by atoms with Gasteiger partial charge in [-0.05, 0) is 31.7 Å². The number of carbonyl (C=O) groups excluding carboxylic acids is 1. The molecule has 0 spiro atoms. The summed E-state index contributed by atoms with van der Waals surface area (Å²) in [6.07, 6.45) is 11.0. The van der Waals surface area contributed by atoms with Crippen molar-refractivity contribution in [3.05, 3.63) is 30.1 Å². The SMILES string of the molecule is O=C(C=C1CCCCC1)NCCNc1ncccn1. The van der Waals surface area contributed by atoms with Crippen LogP contribution < -0.4 is 10.6 Å². The van der Waals surface area contributed by atoms with Gasteiger partial charge in [-0.1, -0.05) is 12.0 Å². The second kappa shape index (κ2) is 7.51. The minimum Gasteiger partial charge on any atom is -0.352 e. The van der Waals surface area contributed by atoms with Crippen molar-refractivity contribution in [1.82, 2.24) is 15.3 Å². The smallest absolute Gasteiger partial charge is 0.243 e. The van der Waals surface area contributed by atoms with Gasteiger partial charge in [-0.3, -0.25) is 4.79 Å². The molecule has 0 saturated heterocycles. The second-order valence-corrected chi connectivity index (χ2v) is 4.65. The molecule has 5 heteroatoms. The largest absolute Gasteiger partial charge is 0.352 e. The van der Waals surface area contributed by atoms with Crippen LogP contribution in [0.15, 0.2) is 30.1 Å². The number of carbonyl (C=O) groups is 1. The maximum absolute atomic E-state index is 11.7. The third-order valence-electron chi connectivity index (χ3n) is 3.10. The van der Waals surface area contributed by atoms with E-state index < -0.39 is 0 Å². The second-order valence-electron chi connectivity index (χ2n) is 4.65. The Bertz CT molecular complexity index is 422. The first-order chi connectivity index (χ1) is 9.34. The molecule has 1 aliphatic rings. The normalized spacial score (nSPS) is 14.8. The Morgan fingerprint density at radius 1 is 1.16 bits per heavy atom. The average molecular weight is 260 g/mol. The van der Waals surface area contributed by atoms with Crippen LogP contribution in [0.25, 0.3) is 0 Å². The predicted octanol–water partition coefficient (Wildman–Crippen LogP) is 1.90. The summed E-state index contributed by atoms with van der Waals surface area (Å²) in [7, 11) is 0. The predicted molar refractivity (Wildman–Crippen MR) is 74.7 cm³/mol. The van der Waals surface area contributed by atoms with Gasteiger partial charge in [0.25, 0.3) is 0 Å². The number of nitrogens with one attached hydrogen (secondary N) is 2. The first-order valence-electron chi connectivity index (χ1n) is 6.83. The monoisotopic (exact) mass is 260 g/mol. The van der Waals surface area contributed by atoms with Crippen molar-refractivity contribution in [1.29, 1.82) is 0 Å². The van der Waals surface area contributed by atoms with E-state index in [9.17, 15) is 4.79 Å².